The fourth-order valence-corrected chi connectivity index (χ4v) is 0.410. The molecule has 0 aliphatic rings. The Balaban J connectivity index is 3.94. The van der Waals surface area contributed by atoms with E-state index >= 15 is 0 Å². The lowest BCUT2D eigenvalue weighted by molar-refractivity contribution is -0.0697. The molecule has 0 aromatic heterocycles. The van der Waals surface area contributed by atoms with Crippen LogP contribution in [0.3, 0.4) is 0 Å². The lowest BCUT2D eigenvalue weighted by atomic mass is 9.93. The van der Waals surface area contributed by atoms with Crippen LogP contribution >= 0.6 is 0 Å². The summed E-state index contributed by atoms with van der Waals surface area (Å²) < 4.78 is 34.4. The van der Waals surface area contributed by atoms with Gasteiger partial charge in [-0.05, 0) is 5.41 Å². The van der Waals surface area contributed by atoms with Crippen molar-refractivity contribution in [2.24, 2.45) is 5.41 Å². The van der Waals surface area contributed by atoms with Gasteiger partial charge in [-0.15, -0.1) is 0 Å². The zero-order valence-corrected chi connectivity index (χ0v) is 6.84. The number of rotatable bonds is 0. The van der Waals surface area contributed by atoms with Crippen molar-refractivity contribution < 1.29 is 13.2 Å². The molecule has 0 aromatic carbocycles. The predicted molar refractivity (Wildman–Crippen MR) is 37.9 cm³/mol. The molecule has 0 saturated carbocycles. The van der Waals surface area contributed by atoms with Crippen LogP contribution in [0.1, 0.15) is 27.2 Å². The van der Waals surface area contributed by atoms with E-state index in [1.165, 1.54) is 5.92 Å². The standard InChI is InChI=1S/C8H11F3/c1-7(2,3)5-4-6-8(9,10)11/h5H2,1-3H3. The van der Waals surface area contributed by atoms with Gasteiger partial charge in [0.25, 0.3) is 0 Å². The average molecular weight is 164 g/mol. The lowest BCUT2D eigenvalue weighted by Crippen LogP contribution is -2.05. The van der Waals surface area contributed by atoms with Crippen molar-refractivity contribution in [2.45, 2.75) is 33.4 Å². The van der Waals surface area contributed by atoms with Gasteiger partial charge < -0.3 is 0 Å². The van der Waals surface area contributed by atoms with E-state index in [1.54, 1.807) is 0 Å². The van der Waals surface area contributed by atoms with Gasteiger partial charge >= 0.3 is 6.18 Å². The Morgan fingerprint density at radius 2 is 1.55 bits per heavy atom. The first kappa shape index (κ1) is 10.3. The van der Waals surface area contributed by atoms with Crippen LogP contribution < -0.4 is 0 Å². The molecule has 0 unspecified atom stereocenters. The van der Waals surface area contributed by atoms with Crippen LogP contribution in [0.25, 0.3) is 0 Å². The maximum atomic E-state index is 11.5. The quantitative estimate of drug-likeness (QED) is 0.483. The number of alkyl halides is 3. The summed E-state index contributed by atoms with van der Waals surface area (Å²) in [6.07, 6.45) is -4.07. The molecule has 11 heavy (non-hydrogen) atoms. The first-order chi connectivity index (χ1) is 4.71. The Hall–Kier alpha value is -0.650. The van der Waals surface area contributed by atoms with Gasteiger partial charge in [0.05, 0.1) is 0 Å². The van der Waals surface area contributed by atoms with Gasteiger partial charge in [0.2, 0.25) is 0 Å². The van der Waals surface area contributed by atoms with Crippen LogP contribution in [0, 0.1) is 17.3 Å². The Morgan fingerprint density at radius 3 is 1.82 bits per heavy atom. The highest BCUT2D eigenvalue weighted by Gasteiger charge is 2.23. The average Bonchev–Trinajstić information content (AvgIpc) is 1.55. The minimum Gasteiger partial charge on any atom is -0.159 e. The van der Waals surface area contributed by atoms with Crippen molar-refractivity contribution in [3.8, 4) is 11.8 Å². The molecule has 0 nitrogen and oxygen atoms in total. The third kappa shape index (κ3) is 9.35. The molecule has 0 amide bonds. The summed E-state index contributed by atoms with van der Waals surface area (Å²) >= 11 is 0. The predicted octanol–water partition coefficient (Wildman–Crippen LogP) is 2.99. The molecule has 64 valence electrons. The molecule has 0 rings (SSSR count). The van der Waals surface area contributed by atoms with Crippen LogP contribution in [0.15, 0.2) is 0 Å². The van der Waals surface area contributed by atoms with Crippen molar-refractivity contribution in [3.05, 3.63) is 0 Å². The van der Waals surface area contributed by atoms with Crippen LogP contribution in [-0.4, -0.2) is 6.18 Å². The van der Waals surface area contributed by atoms with Gasteiger partial charge in [0.1, 0.15) is 0 Å². The number of halogens is 3. The fraction of sp³-hybridized carbons (Fsp3) is 0.750. The van der Waals surface area contributed by atoms with Crippen molar-refractivity contribution in [2.75, 3.05) is 0 Å². The first-order valence-corrected chi connectivity index (χ1v) is 3.27. The highest BCUT2D eigenvalue weighted by Crippen LogP contribution is 2.18. The molecule has 0 N–H and O–H groups in total. The summed E-state index contributed by atoms with van der Waals surface area (Å²) in [5, 5.41) is 0. The summed E-state index contributed by atoms with van der Waals surface area (Å²) in [6.45, 7) is 5.54. The van der Waals surface area contributed by atoms with Gasteiger partial charge in [-0.1, -0.05) is 26.7 Å². The normalized spacial score (nSPS) is 12.2. The third-order valence-corrected chi connectivity index (χ3v) is 0.849. The Kier molecular flexibility index (Phi) is 2.98. The smallest absolute Gasteiger partial charge is 0.159 e. The second-order valence-corrected chi connectivity index (χ2v) is 3.54. The summed E-state index contributed by atoms with van der Waals surface area (Å²) in [6, 6.07) is 0. The molecule has 0 saturated heterocycles. The van der Waals surface area contributed by atoms with Gasteiger partial charge in [0.15, 0.2) is 0 Å². The summed E-state index contributed by atoms with van der Waals surface area (Å²) in [5.41, 5.74) is -0.155. The summed E-state index contributed by atoms with van der Waals surface area (Å²) in [5.74, 6) is 3.32. The molecule has 0 atom stereocenters. The molecule has 0 spiro atoms. The second kappa shape index (κ2) is 3.17. The van der Waals surface area contributed by atoms with Gasteiger partial charge in [-0.3, -0.25) is 0 Å². The maximum absolute atomic E-state index is 11.5. The molecule has 0 aliphatic carbocycles. The molecule has 0 fully saturated rings. The summed E-state index contributed by atoms with van der Waals surface area (Å²) in [7, 11) is 0. The van der Waals surface area contributed by atoms with Gasteiger partial charge in [-0.25, -0.2) is 0 Å². The molecular weight excluding hydrogens is 153 g/mol. The van der Waals surface area contributed by atoms with Crippen LogP contribution in [0.4, 0.5) is 13.2 Å². The van der Waals surface area contributed by atoms with E-state index in [9.17, 15) is 13.2 Å². The zero-order valence-electron chi connectivity index (χ0n) is 6.84. The largest absolute Gasteiger partial charge is 0.457 e. The van der Waals surface area contributed by atoms with Gasteiger partial charge in [-0.2, -0.15) is 13.2 Å². The molecular formula is C8H11F3. The maximum Gasteiger partial charge on any atom is 0.457 e. The number of hydrogen-bond donors (Lipinski definition) is 0. The third-order valence-electron chi connectivity index (χ3n) is 0.849. The Labute approximate surface area is 64.8 Å². The molecule has 0 bridgehead atoms. The summed E-state index contributed by atoms with van der Waals surface area (Å²) in [4.78, 5) is 0. The van der Waals surface area contributed by atoms with E-state index in [0.29, 0.717) is 0 Å². The monoisotopic (exact) mass is 164 g/mol. The van der Waals surface area contributed by atoms with Crippen molar-refractivity contribution >= 4 is 0 Å². The van der Waals surface area contributed by atoms with Gasteiger partial charge in [0, 0.05) is 12.3 Å². The fourth-order valence-electron chi connectivity index (χ4n) is 0.410. The van der Waals surface area contributed by atoms with Crippen molar-refractivity contribution in [1.82, 2.24) is 0 Å². The second-order valence-electron chi connectivity index (χ2n) is 3.54. The topological polar surface area (TPSA) is 0 Å². The molecule has 0 radical (unpaired) electrons. The molecule has 0 aliphatic heterocycles. The van der Waals surface area contributed by atoms with E-state index < -0.39 is 6.18 Å². The molecule has 0 heterocycles. The SMILES string of the molecule is CC(C)(C)CC#CC(F)(F)F. The van der Waals surface area contributed by atoms with Crippen LogP contribution in [-0.2, 0) is 0 Å². The van der Waals surface area contributed by atoms with Crippen molar-refractivity contribution in [1.29, 1.82) is 0 Å². The number of hydrogen-bond acceptors (Lipinski definition) is 0. The molecule has 3 heteroatoms. The molecule has 0 aromatic rings. The van der Waals surface area contributed by atoms with Crippen LogP contribution in [0.2, 0.25) is 0 Å². The van der Waals surface area contributed by atoms with E-state index in [4.69, 9.17) is 0 Å². The zero-order chi connectivity index (χ0) is 9.12. The highest BCUT2D eigenvalue weighted by atomic mass is 19.4. The van der Waals surface area contributed by atoms with E-state index in [1.807, 2.05) is 20.8 Å². The van der Waals surface area contributed by atoms with E-state index in [2.05, 4.69) is 5.92 Å². The van der Waals surface area contributed by atoms with Crippen molar-refractivity contribution in [3.63, 3.8) is 0 Å². The lowest BCUT2D eigenvalue weighted by Gasteiger charge is -2.12. The van der Waals surface area contributed by atoms with Crippen LogP contribution in [0.5, 0.6) is 0 Å². The van der Waals surface area contributed by atoms with E-state index in [-0.39, 0.29) is 11.8 Å². The minimum atomic E-state index is -4.34. The Bertz CT molecular complexity index is 172. The van der Waals surface area contributed by atoms with E-state index in [0.717, 1.165) is 0 Å². The minimum absolute atomic E-state index is 0.155. The highest BCUT2D eigenvalue weighted by molar-refractivity contribution is 5.06. The first-order valence-electron chi connectivity index (χ1n) is 3.27. The Morgan fingerprint density at radius 1 is 1.09 bits per heavy atom.